The van der Waals surface area contributed by atoms with Gasteiger partial charge in [-0.2, -0.15) is 0 Å². The molecule has 0 aliphatic heterocycles. The van der Waals surface area contributed by atoms with E-state index >= 15 is 0 Å². The molecule has 2 atom stereocenters. The van der Waals surface area contributed by atoms with E-state index in [2.05, 4.69) is 74.7 Å². The number of aliphatic carboxylic acids is 1. The topological polar surface area (TPSA) is 55.8 Å². The highest BCUT2D eigenvalue weighted by Crippen LogP contribution is 2.41. The van der Waals surface area contributed by atoms with E-state index in [1.165, 1.54) is 19.3 Å². The Hall–Kier alpha value is -0.176. The lowest BCUT2D eigenvalue weighted by Gasteiger charge is -2.45. The molecule has 0 rings (SSSR count). The van der Waals surface area contributed by atoms with E-state index in [1.54, 1.807) is 0 Å². The van der Waals surface area contributed by atoms with E-state index in [1.807, 2.05) is 0 Å². The molecular weight excluding hydrogens is 396 g/mol. The third-order valence-electron chi connectivity index (χ3n) is 6.90. The highest BCUT2D eigenvalue weighted by atomic mass is 28.4. The van der Waals surface area contributed by atoms with Gasteiger partial charge in [-0.1, -0.05) is 74.1 Å². The average molecular weight is 447 g/mol. The van der Waals surface area contributed by atoms with Crippen molar-refractivity contribution in [2.75, 3.05) is 0 Å². The maximum Gasteiger partial charge on any atom is 0.303 e. The highest BCUT2D eigenvalue weighted by Gasteiger charge is 2.44. The second-order valence-corrected chi connectivity index (χ2v) is 21.1. The van der Waals surface area contributed by atoms with Gasteiger partial charge in [0.1, 0.15) is 0 Å². The maximum atomic E-state index is 11.4. The molecule has 0 amide bonds. The smallest absolute Gasteiger partial charge is 0.303 e. The average Bonchev–Trinajstić information content (AvgIpc) is 2.51. The zero-order valence-corrected chi connectivity index (χ0v) is 23.3. The van der Waals surface area contributed by atoms with Crippen LogP contribution in [0.4, 0.5) is 0 Å². The summed E-state index contributed by atoms with van der Waals surface area (Å²) in [5.74, 6) is -0.758. The lowest BCUT2D eigenvalue weighted by atomic mass is 10.0. The first-order valence-corrected chi connectivity index (χ1v) is 17.3. The monoisotopic (exact) mass is 446 g/mol. The molecule has 0 aromatic carbocycles. The third-order valence-corrected chi connectivity index (χ3v) is 15.9. The molecule has 0 radical (unpaired) electrons. The van der Waals surface area contributed by atoms with Crippen LogP contribution < -0.4 is 0 Å². The first kappa shape index (κ1) is 28.8. The molecule has 0 spiro atoms. The molecule has 6 heteroatoms. The summed E-state index contributed by atoms with van der Waals surface area (Å²) < 4.78 is 13.7. The Bertz CT molecular complexity index is 490. The van der Waals surface area contributed by atoms with Gasteiger partial charge in [-0.3, -0.25) is 4.79 Å². The van der Waals surface area contributed by atoms with Crippen LogP contribution in [0.5, 0.6) is 0 Å². The summed E-state index contributed by atoms with van der Waals surface area (Å²) >= 11 is 0. The summed E-state index contributed by atoms with van der Waals surface area (Å²) in [7, 11) is -4.02. The van der Waals surface area contributed by atoms with Gasteiger partial charge in [0.15, 0.2) is 16.6 Å². The summed E-state index contributed by atoms with van der Waals surface area (Å²) in [6, 6.07) is 0. The third kappa shape index (κ3) is 10.1. The van der Waals surface area contributed by atoms with Gasteiger partial charge >= 0.3 is 5.97 Å². The highest BCUT2D eigenvalue weighted by molar-refractivity contribution is 6.74. The van der Waals surface area contributed by atoms with Crippen LogP contribution in [-0.2, 0) is 13.6 Å². The lowest BCUT2D eigenvalue weighted by molar-refractivity contribution is -0.137. The van der Waals surface area contributed by atoms with Gasteiger partial charge in [0.2, 0.25) is 0 Å². The summed E-state index contributed by atoms with van der Waals surface area (Å²) in [5.41, 5.74) is 0. The minimum atomic E-state index is -2.04. The Morgan fingerprint density at radius 1 is 0.793 bits per heavy atom. The van der Waals surface area contributed by atoms with Crippen molar-refractivity contribution in [3.8, 4) is 0 Å². The zero-order chi connectivity index (χ0) is 23.1. The molecule has 174 valence electrons. The minimum absolute atomic E-state index is 0.0266. The van der Waals surface area contributed by atoms with Crippen molar-refractivity contribution in [3.63, 3.8) is 0 Å². The number of carboxylic acids is 1. The van der Waals surface area contributed by atoms with Crippen molar-refractivity contribution in [3.05, 3.63) is 0 Å². The molecule has 0 aromatic rings. The van der Waals surface area contributed by atoms with Gasteiger partial charge in [-0.25, -0.2) is 0 Å². The summed E-state index contributed by atoms with van der Waals surface area (Å²) in [5, 5.41) is 9.53. The van der Waals surface area contributed by atoms with Crippen LogP contribution in [0.15, 0.2) is 0 Å². The normalized spacial score (nSPS) is 16.0. The fourth-order valence-corrected chi connectivity index (χ4v) is 5.55. The summed E-state index contributed by atoms with van der Waals surface area (Å²) in [4.78, 5) is 11.4. The maximum absolute atomic E-state index is 11.4. The second-order valence-electron chi connectivity index (χ2n) is 11.6. The molecule has 29 heavy (non-hydrogen) atoms. The molecule has 0 unspecified atom stereocenters. The van der Waals surface area contributed by atoms with Crippen molar-refractivity contribution >= 4 is 22.6 Å². The van der Waals surface area contributed by atoms with Crippen LogP contribution in [0.2, 0.25) is 36.3 Å². The molecule has 0 saturated carbocycles. The van der Waals surface area contributed by atoms with E-state index in [-0.39, 0.29) is 28.7 Å². The zero-order valence-electron chi connectivity index (χ0n) is 21.3. The van der Waals surface area contributed by atoms with Crippen LogP contribution in [0.3, 0.4) is 0 Å². The quantitative estimate of drug-likeness (QED) is 0.234. The molecule has 0 saturated heterocycles. The minimum Gasteiger partial charge on any atom is -0.481 e. The largest absolute Gasteiger partial charge is 0.481 e. The molecule has 0 aliphatic rings. The predicted octanol–water partition coefficient (Wildman–Crippen LogP) is 7.60. The van der Waals surface area contributed by atoms with E-state index in [4.69, 9.17) is 8.85 Å². The van der Waals surface area contributed by atoms with Gasteiger partial charge in [-0.15, -0.1) is 0 Å². The van der Waals surface area contributed by atoms with E-state index in [0.29, 0.717) is 6.42 Å². The first-order valence-electron chi connectivity index (χ1n) is 11.5. The Labute approximate surface area is 183 Å². The Morgan fingerprint density at radius 3 is 1.55 bits per heavy atom. The van der Waals surface area contributed by atoms with Crippen molar-refractivity contribution in [1.82, 2.24) is 0 Å². The van der Waals surface area contributed by atoms with Gasteiger partial charge in [-0.05, 0) is 49.1 Å². The molecule has 1 N–H and O–H groups in total. The fourth-order valence-electron chi connectivity index (χ4n) is 2.79. The molecular formula is C23H50O4Si2. The van der Waals surface area contributed by atoms with Crippen LogP contribution in [-0.4, -0.2) is 39.9 Å². The number of hydrogen-bond acceptors (Lipinski definition) is 3. The number of carbonyl (C=O) groups is 1. The lowest BCUT2D eigenvalue weighted by Crippen LogP contribution is -2.52. The van der Waals surface area contributed by atoms with Crippen LogP contribution in [0.1, 0.15) is 93.4 Å². The predicted molar refractivity (Wildman–Crippen MR) is 130 cm³/mol. The number of hydrogen-bond donors (Lipinski definition) is 1. The molecule has 0 aliphatic carbocycles. The Morgan fingerprint density at radius 2 is 1.21 bits per heavy atom. The number of carboxylic acid groups (broad SMARTS) is 1. The van der Waals surface area contributed by atoms with Crippen molar-refractivity contribution in [2.24, 2.45) is 0 Å². The molecule has 0 fully saturated rings. The second kappa shape index (κ2) is 11.4. The van der Waals surface area contributed by atoms with Crippen LogP contribution in [0.25, 0.3) is 0 Å². The molecule has 4 nitrogen and oxygen atoms in total. The molecule has 0 heterocycles. The number of unbranched alkanes of at least 4 members (excludes halogenated alkanes) is 3. The fraction of sp³-hybridized carbons (Fsp3) is 0.957. The standard InChI is InChI=1S/C23H50O4Si2/c1-12-13-14-15-16-19(26-28(8,9)22(2,3)4)20(17-18-21(24)25)27-29(10,11)23(5,6)7/h19-20H,12-18H2,1-11H3,(H,24,25)/t19-,20-/m0/s1. The van der Waals surface area contributed by atoms with E-state index in [9.17, 15) is 9.90 Å². The summed E-state index contributed by atoms with van der Waals surface area (Å²) in [6.45, 7) is 24.8. The van der Waals surface area contributed by atoms with Gasteiger partial charge < -0.3 is 14.0 Å². The van der Waals surface area contributed by atoms with E-state index < -0.39 is 22.6 Å². The molecule has 0 bridgehead atoms. The van der Waals surface area contributed by atoms with Crippen LogP contribution in [0, 0.1) is 0 Å². The number of rotatable bonds is 13. The van der Waals surface area contributed by atoms with Crippen LogP contribution >= 0.6 is 0 Å². The summed E-state index contributed by atoms with van der Waals surface area (Å²) in [6.07, 6.45) is 6.17. The SMILES string of the molecule is CCCCCC[C@H](O[Si](C)(C)C(C)(C)C)[C@H](CCC(=O)O)O[Si](C)(C)C(C)(C)C. The van der Waals surface area contributed by atoms with Gasteiger partial charge in [0.25, 0.3) is 0 Å². The van der Waals surface area contributed by atoms with E-state index in [0.717, 1.165) is 12.8 Å². The molecule has 0 aromatic heterocycles. The van der Waals surface area contributed by atoms with Crippen molar-refractivity contribution in [1.29, 1.82) is 0 Å². The van der Waals surface area contributed by atoms with Gasteiger partial charge in [0, 0.05) is 6.42 Å². The van der Waals surface area contributed by atoms with Crippen molar-refractivity contribution < 1.29 is 18.8 Å². The van der Waals surface area contributed by atoms with Crippen molar-refractivity contribution in [2.45, 2.75) is 142 Å². The first-order chi connectivity index (χ1) is 12.9. The van der Waals surface area contributed by atoms with Gasteiger partial charge in [0.05, 0.1) is 12.2 Å². The Balaban J connectivity index is 5.74. The Kier molecular flexibility index (Phi) is 11.4.